The van der Waals surface area contributed by atoms with Crippen LogP contribution in [0.25, 0.3) is 0 Å². The van der Waals surface area contributed by atoms with Crippen LogP contribution in [0, 0.1) is 0 Å². The number of nitrogens with one attached hydrogen (secondary N) is 1. The summed E-state index contributed by atoms with van der Waals surface area (Å²) < 4.78 is 5.36. The van der Waals surface area contributed by atoms with Crippen LogP contribution in [-0.2, 0) is 9.53 Å². The Morgan fingerprint density at radius 2 is 2.07 bits per heavy atom. The molecule has 4 nitrogen and oxygen atoms in total. The van der Waals surface area contributed by atoms with Crippen LogP contribution >= 0.6 is 0 Å². The fourth-order valence-corrected chi connectivity index (χ4v) is 2.66. The third kappa shape index (κ3) is 1.17. The van der Waals surface area contributed by atoms with E-state index in [1.54, 1.807) is 0 Å². The highest BCUT2D eigenvalue weighted by Crippen LogP contribution is 2.38. The molecule has 0 unspecified atom stereocenters. The topological polar surface area (TPSA) is 41.6 Å². The van der Waals surface area contributed by atoms with Gasteiger partial charge in [-0.15, -0.1) is 0 Å². The summed E-state index contributed by atoms with van der Waals surface area (Å²) in [4.78, 5) is 13.9. The average Bonchev–Trinajstić information content (AvgIpc) is 2.97. The predicted octanol–water partition coefficient (Wildman–Crippen LogP) is 0.0873. The third-order valence-corrected chi connectivity index (χ3v) is 3.53. The van der Waals surface area contributed by atoms with Crippen LogP contribution in [0.5, 0.6) is 0 Å². The van der Waals surface area contributed by atoms with E-state index in [-0.39, 0.29) is 11.6 Å². The molecule has 1 amide bonds. The maximum Gasteiger partial charge on any atom is 0.238 e. The van der Waals surface area contributed by atoms with Crippen molar-refractivity contribution in [3.05, 3.63) is 0 Å². The van der Waals surface area contributed by atoms with Crippen LogP contribution in [0.2, 0.25) is 0 Å². The molecule has 0 bridgehead atoms. The van der Waals surface area contributed by atoms with Crippen molar-refractivity contribution in [1.29, 1.82) is 0 Å². The van der Waals surface area contributed by atoms with Gasteiger partial charge in [0, 0.05) is 18.9 Å². The average molecular weight is 196 g/mol. The molecule has 2 heterocycles. The summed E-state index contributed by atoms with van der Waals surface area (Å²) in [7, 11) is 0. The fraction of sp³-hybridized carbons (Fsp3) is 0.900. The molecule has 4 heteroatoms. The minimum absolute atomic E-state index is 0.0451. The van der Waals surface area contributed by atoms with Crippen LogP contribution in [0.1, 0.15) is 25.7 Å². The van der Waals surface area contributed by atoms with Crippen molar-refractivity contribution in [2.45, 2.75) is 37.4 Å². The van der Waals surface area contributed by atoms with Gasteiger partial charge in [0.15, 0.2) is 0 Å². The third-order valence-electron chi connectivity index (χ3n) is 3.53. The highest BCUT2D eigenvalue weighted by molar-refractivity contribution is 5.82. The van der Waals surface area contributed by atoms with Gasteiger partial charge in [0.2, 0.25) is 5.91 Å². The highest BCUT2D eigenvalue weighted by atomic mass is 16.5. The van der Waals surface area contributed by atoms with Crippen LogP contribution in [0.15, 0.2) is 0 Å². The lowest BCUT2D eigenvalue weighted by atomic mass is 9.99. The number of carbonyl (C=O) groups is 1. The molecule has 1 N–H and O–H groups in total. The molecule has 1 aliphatic carbocycles. The second kappa shape index (κ2) is 2.94. The molecule has 1 saturated carbocycles. The van der Waals surface area contributed by atoms with Gasteiger partial charge in [-0.05, 0) is 12.8 Å². The van der Waals surface area contributed by atoms with Gasteiger partial charge in [-0.2, -0.15) is 0 Å². The second-order valence-corrected chi connectivity index (χ2v) is 4.49. The first-order valence-electron chi connectivity index (χ1n) is 5.47. The summed E-state index contributed by atoms with van der Waals surface area (Å²) in [6.45, 7) is 2.09. The van der Waals surface area contributed by atoms with E-state index >= 15 is 0 Å². The molecule has 0 aromatic rings. The van der Waals surface area contributed by atoms with Gasteiger partial charge >= 0.3 is 0 Å². The molecular formula is C10H16N2O2. The first kappa shape index (κ1) is 8.68. The van der Waals surface area contributed by atoms with Gasteiger partial charge in [-0.3, -0.25) is 10.1 Å². The molecule has 0 aromatic heterocycles. The lowest BCUT2D eigenvalue weighted by molar-refractivity contribution is -0.134. The molecule has 3 aliphatic rings. The minimum Gasteiger partial charge on any atom is -0.381 e. The van der Waals surface area contributed by atoms with Crippen molar-refractivity contribution in [2.24, 2.45) is 0 Å². The molecule has 0 atom stereocenters. The summed E-state index contributed by atoms with van der Waals surface area (Å²) in [6, 6.07) is 0.524. The molecule has 3 rings (SSSR count). The van der Waals surface area contributed by atoms with Crippen molar-refractivity contribution in [2.75, 3.05) is 19.8 Å². The number of ether oxygens (including phenoxy) is 1. The first-order valence-corrected chi connectivity index (χ1v) is 5.47. The monoisotopic (exact) mass is 196 g/mol. The molecule has 2 saturated heterocycles. The summed E-state index contributed by atoms with van der Waals surface area (Å²) in [5.74, 6) is 0.286. The smallest absolute Gasteiger partial charge is 0.238 e. The highest BCUT2D eigenvalue weighted by Gasteiger charge is 2.51. The number of hydrogen-bond acceptors (Lipinski definition) is 3. The van der Waals surface area contributed by atoms with E-state index < -0.39 is 0 Å². The Morgan fingerprint density at radius 1 is 1.36 bits per heavy atom. The Labute approximate surface area is 83.6 Å². The van der Waals surface area contributed by atoms with Crippen LogP contribution in [0.3, 0.4) is 0 Å². The molecule has 78 valence electrons. The molecule has 3 fully saturated rings. The van der Waals surface area contributed by atoms with E-state index in [9.17, 15) is 4.79 Å². The van der Waals surface area contributed by atoms with Crippen LogP contribution in [-0.4, -0.2) is 42.3 Å². The molecule has 2 aliphatic heterocycles. The standard InChI is InChI=1S/C10H16N2O2/c13-9-7-11-10(3-5-14-6-4-10)12(9)8-1-2-8/h8,11H,1-7H2. The zero-order valence-electron chi connectivity index (χ0n) is 8.29. The number of nitrogens with zero attached hydrogens (tertiary/aromatic N) is 1. The van der Waals surface area contributed by atoms with Crippen LogP contribution in [0.4, 0.5) is 0 Å². The van der Waals surface area contributed by atoms with Crippen LogP contribution < -0.4 is 5.32 Å². The quantitative estimate of drug-likeness (QED) is 0.646. The van der Waals surface area contributed by atoms with Crippen molar-refractivity contribution >= 4 is 5.91 Å². The van der Waals surface area contributed by atoms with Crippen molar-refractivity contribution in [3.63, 3.8) is 0 Å². The maximum atomic E-state index is 11.8. The van der Waals surface area contributed by atoms with Crippen molar-refractivity contribution < 1.29 is 9.53 Å². The summed E-state index contributed by atoms with van der Waals surface area (Å²) in [5, 5.41) is 3.39. The number of carbonyl (C=O) groups excluding carboxylic acids is 1. The molecule has 0 radical (unpaired) electrons. The van der Waals surface area contributed by atoms with Gasteiger partial charge in [0.1, 0.15) is 0 Å². The predicted molar refractivity (Wildman–Crippen MR) is 50.7 cm³/mol. The van der Waals surface area contributed by atoms with Crippen molar-refractivity contribution in [1.82, 2.24) is 10.2 Å². The van der Waals surface area contributed by atoms with E-state index in [0.29, 0.717) is 12.6 Å². The zero-order chi connectivity index (χ0) is 9.60. The Bertz CT molecular complexity index is 257. The Hall–Kier alpha value is -0.610. The van der Waals surface area contributed by atoms with E-state index in [2.05, 4.69) is 10.2 Å². The van der Waals surface area contributed by atoms with Gasteiger partial charge in [0.05, 0.1) is 25.4 Å². The van der Waals surface area contributed by atoms with Gasteiger partial charge in [0.25, 0.3) is 0 Å². The van der Waals surface area contributed by atoms with Gasteiger partial charge in [-0.25, -0.2) is 0 Å². The maximum absolute atomic E-state index is 11.8. The summed E-state index contributed by atoms with van der Waals surface area (Å²) >= 11 is 0. The van der Waals surface area contributed by atoms with Gasteiger partial charge < -0.3 is 9.64 Å². The number of rotatable bonds is 1. The Morgan fingerprint density at radius 3 is 2.71 bits per heavy atom. The lowest BCUT2D eigenvalue weighted by Gasteiger charge is -2.41. The lowest BCUT2D eigenvalue weighted by Crippen LogP contribution is -2.56. The molecule has 0 aromatic carbocycles. The number of hydrogen-bond donors (Lipinski definition) is 1. The molecule has 1 spiro atoms. The normalized spacial score (nSPS) is 31.4. The van der Waals surface area contributed by atoms with Gasteiger partial charge in [-0.1, -0.05) is 0 Å². The van der Waals surface area contributed by atoms with Crippen molar-refractivity contribution in [3.8, 4) is 0 Å². The first-order chi connectivity index (χ1) is 6.82. The minimum atomic E-state index is -0.0451. The molecule has 14 heavy (non-hydrogen) atoms. The Balaban J connectivity index is 1.85. The largest absolute Gasteiger partial charge is 0.381 e. The molecular weight excluding hydrogens is 180 g/mol. The summed E-state index contributed by atoms with van der Waals surface area (Å²) in [6.07, 6.45) is 4.29. The van der Waals surface area contributed by atoms with E-state index in [0.717, 1.165) is 26.1 Å². The SMILES string of the molecule is O=C1CNC2(CCOCC2)N1C1CC1. The zero-order valence-corrected chi connectivity index (χ0v) is 8.29. The summed E-state index contributed by atoms with van der Waals surface area (Å²) in [5.41, 5.74) is -0.0451. The number of amides is 1. The Kier molecular flexibility index (Phi) is 1.82. The fourth-order valence-electron chi connectivity index (χ4n) is 2.66. The van der Waals surface area contributed by atoms with E-state index in [1.165, 1.54) is 12.8 Å². The second-order valence-electron chi connectivity index (χ2n) is 4.49. The van der Waals surface area contributed by atoms with E-state index in [4.69, 9.17) is 4.74 Å². The van der Waals surface area contributed by atoms with E-state index in [1.807, 2.05) is 0 Å².